The van der Waals surface area contributed by atoms with Crippen molar-refractivity contribution in [3.05, 3.63) is 29.1 Å². The Morgan fingerprint density at radius 3 is 2.40 bits per heavy atom. The summed E-state index contributed by atoms with van der Waals surface area (Å²) in [5, 5.41) is 9.13. The van der Waals surface area contributed by atoms with Gasteiger partial charge in [-0.15, -0.1) is 0 Å². The van der Waals surface area contributed by atoms with Gasteiger partial charge in [0.05, 0.1) is 12.0 Å². The van der Waals surface area contributed by atoms with E-state index in [9.17, 15) is 0 Å². The molecule has 1 saturated carbocycles. The smallest absolute Gasteiger partial charge is 0.0597 e. The average molecular weight is 201 g/mol. The van der Waals surface area contributed by atoms with Gasteiger partial charge in [-0.25, -0.2) is 0 Å². The lowest BCUT2D eigenvalue weighted by atomic mass is 10.1. The molecule has 1 aromatic heterocycles. The van der Waals surface area contributed by atoms with Crippen LogP contribution in [0.4, 0.5) is 0 Å². The number of aliphatic hydroxyl groups is 1. The summed E-state index contributed by atoms with van der Waals surface area (Å²) in [6, 6.07) is 3.96. The fourth-order valence-electron chi connectivity index (χ4n) is 1.58. The molecule has 15 heavy (non-hydrogen) atoms. The Morgan fingerprint density at radius 1 is 1.33 bits per heavy atom. The summed E-state index contributed by atoms with van der Waals surface area (Å²) in [7, 11) is 0. The molecular weight excluding hydrogens is 186 g/mol. The highest BCUT2D eigenvalue weighted by atomic mass is 16.3. The first-order valence-electron chi connectivity index (χ1n) is 5.23. The van der Waals surface area contributed by atoms with Crippen molar-refractivity contribution in [2.75, 3.05) is 6.61 Å². The summed E-state index contributed by atoms with van der Waals surface area (Å²) in [5.41, 5.74) is 2.89. The molecule has 1 heterocycles. The van der Waals surface area contributed by atoms with E-state index in [1.807, 2.05) is 26.0 Å². The highest BCUT2D eigenvalue weighted by Gasteiger charge is 2.40. The lowest BCUT2D eigenvalue weighted by Gasteiger charge is -2.00. The standard InChI is InChI=1S/C13H15NO/c1-10-7-12(8-11(2)14-10)3-4-13(9-15)5-6-13/h7-8,15H,5-6,9H2,1-2H3. The Labute approximate surface area is 90.4 Å². The molecule has 0 atom stereocenters. The molecule has 0 radical (unpaired) electrons. The highest BCUT2D eigenvalue weighted by Crippen LogP contribution is 2.44. The lowest BCUT2D eigenvalue weighted by molar-refractivity contribution is 0.247. The van der Waals surface area contributed by atoms with Crippen LogP contribution in [0.3, 0.4) is 0 Å². The fraction of sp³-hybridized carbons (Fsp3) is 0.462. The zero-order valence-corrected chi connectivity index (χ0v) is 9.17. The monoisotopic (exact) mass is 201 g/mol. The number of nitrogens with zero attached hydrogens (tertiary/aromatic N) is 1. The first-order valence-corrected chi connectivity index (χ1v) is 5.23. The Kier molecular flexibility index (Phi) is 2.50. The Balaban J connectivity index is 2.24. The molecule has 0 bridgehead atoms. The third-order valence-electron chi connectivity index (χ3n) is 2.71. The number of hydrogen-bond donors (Lipinski definition) is 1. The van der Waals surface area contributed by atoms with Crippen molar-refractivity contribution in [2.45, 2.75) is 26.7 Å². The van der Waals surface area contributed by atoms with Gasteiger partial charge >= 0.3 is 0 Å². The van der Waals surface area contributed by atoms with Gasteiger partial charge in [0, 0.05) is 17.0 Å². The van der Waals surface area contributed by atoms with E-state index < -0.39 is 0 Å². The van der Waals surface area contributed by atoms with Crippen LogP contribution < -0.4 is 0 Å². The number of hydrogen-bond acceptors (Lipinski definition) is 2. The number of aliphatic hydroxyl groups excluding tert-OH is 1. The molecule has 1 aromatic rings. The Hall–Kier alpha value is -1.33. The fourth-order valence-corrected chi connectivity index (χ4v) is 1.58. The molecule has 2 heteroatoms. The number of aromatic nitrogens is 1. The van der Waals surface area contributed by atoms with E-state index in [1.165, 1.54) is 0 Å². The molecule has 0 aliphatic heterocycles. The molecular formula is C13H15NO. The molecule has 78 valence electrons. The van der Waals surface area contributed by atoms with E-state index in [2.05, 4.69) is 16.8 Å². The quantitative estimate of drug-likeness (QED) is 0.703. The first kappa shape index (κ1) is 10.2. The molecule has 1 N–H and O–H groups in total. The van der Waals surface area contributed by atoms with Gasteiger partial charge in [0.2, 0.25) is 0 Å². The number of aryl methyl sites for hydroxylation is 2. The predicted molar refractivity (Wildman–Crippen MR) is 59.3 cm³/mol. The van der Waals surface area contributed by atoms with Crippen molar-refractivity contribution in [1.82, 2.24) is 4.98 Å². The second-order valence-electron chi connectivity index (χ2n) is 4.33. The van der Waals surface area contributed by atoms with Gasteiger partial charge in [0.1, 0.15) is 0 Å². The Morgan fingerprint density at radius 2 is 1.93 bits per heavy atom. The zero-order valence-electron chi connectivity index (χ0n) is 9.17. The maximum absolute atomic E-state index is 9.13. The van der Waals surface area contributed by atoms with Crippen LogP contribution in [0.1, 0.15) is 29.8 Å². The van der Waals surface area contributed by atoms with E-state index in [4.69, 9.17) is 5.11 Å². The first-order chi connectivity index (χ1) is 7.13. The molecule has 2 nitrogen and oxygen atoms in total. The van der Waals surface area contributed by atoms with Gasteiger partial charge in [0.25, 0.3) is 0 Å². The van der Waals surface area contributed by atoms with Gasteiger partial charge in [-0.05, 0) is 38.8 Å². The molecule has 0 amide bonds. The predicted octanol–water partition coefficient (Wildman–Crippen LogP) is 1.82. The molecule has 2 rings (SSSR count). The van der Waals surface area contributed by atoms with Crippen LogP contribution in [0, 0.1) is 31.1 Å². The maximum atomic E-state index is 9.13. The second kappa shape index (κ2) is 3.67. The van der Waals surface area contributed by atoms with E-state index in [0.717, 1.165) is 29.8 Å². The summed E-state index contributed by atoms with van der Waals surface area (Å²) >= 11 is 0. The minimum atomic E-state index is -0.0922. The molecule has 0 spiro atoms. The van der Waals surface area contributed by atoms with Crippen LogP contribution in [-0.2, 0) is 0 Å². The average Bonchev–Trinajstić information content (AvgIpc) is 2.94. The third kappa shape index (κ3) is 2.37. The molecule has 1 aliphatic carbocycles. The molecule has 1 fully saturated rings. The summed E-state index contributed by atoms with van der Waals surface area (Å²) in [4.78, 5) is 4.30. The highest BCUT2D eigenvalue weighted by molar-refractivity contribution is 5.38. The van der Waals surface area contributed by atoms with E-state index in [-0.39, 0.29) is 12.0 Å². The van der Waals surface area contributed by atoms with Gasteiger partial charge in [0.15, 0.2) is 0 Å². The van der Waals surface area contributed by atoms with Gasteiger partial charge in [-0.1, -0.05) is 11.8 Å². The molecule has 1 aliphatic rings. The van der Waals surface area contributed by atoms with Crippen LogP contribution in [0.15, 0.2) is 12.1 Å². The normalized spacial score (nSPS) is 16.7. The molecule has 0 aromatic carbocycles. The molecule has 0 saturated heterocycles. The maximum Gasteiger partial charge on any atom is 0.0597 e. The van der Waals surface area contributed by atoms with E-state index in [0.29, 0.717) is 0 Å². The summed E-state index contributed by atoms with van der Waals surface area (Å²) in [6.07, 6.45) is 2.05. The minimum absolute atomic E-state index is 0.0922. The van der Waals surface area contributed by atoms with Crippen molar-refractivity contribution >= 4 is 0 Å². The SMILES string of the molecule is Cc1cc(C#CC2(CO)CC2)cc(C)n1. The Bertz CT molecular complexity index is 415. The number of pyridine rings is 1. The topological polar surface area (TPSA) is 33.1 Å². The summed E-state index contributed by atoms with van der Waals surface area (Å²) in [6.45, 7) is 4.12. The van der Waals surface area contributed by atoms with Gasteiger partial charge in [-0.2, -0.15) is 0 Å². The van der Waals surface area contributed by atoms with Crippen molar-refractivity contribution in [2.24, 2.45) is 5.41 Å². The van der Waals surface area contributed by atoms with Crippen LogP contribution >= 0.6 is 0 Å². The van der Waals surface area contributed by atoms with E-state index in [1.54, 1.807) is 0 Å². The zero-order chi connectivity index (χ0) is 10.9. The van der Waals surface area contributed by atoms with Crippen LogP contribution in [0.5, 0.6) is 0 Å². The third-order valence-corrected chi connectivity index (χ3v) is 2.71. The minimum Gasteiger partial charge on any atom is -0.395 e. The van der Waals surface area contributed by atoms with Crippen molar-refractivity contribution in [3.63, 3.8) is 0 Å². The summed E-state index contributed by atoms with van der Waals surface area (Å²) < 4.78 is 0. The molecule has 0 unspecified atom stereocenters. The van der Waals surface area contributed by atoms with E-state index >= 15 is 0 Å². The van der Waals surface area contributed by atoms with Crippen LogP contribution in [0.2, 0.25) is 0 Å². The largest absolute Gasteiger partial charge is 0.395 e. The van der Waals surface area contributed by atoms with Gasteiger partial charge in [-0.3, -0.25) is 4.98 Å². The van der Waals surface area contributed by atoms with Crippen molar-refractivity contribution in [3.8, 4) is 11.8 Å². The van der Waals surface area contributed by atoms with Crippen LogP contribution in [-0.4, -0.2) is 16.7 Å². The van der Waals surface area contributed by atoms with Crippen molar-refractivity contribution < 1.29 is 5.11 Å². The summed E-state index contributed by atoms with van der Waals surface area (Å²) in [5.74, 6) is 6.29. The van der Waals surface area contributed by atoms with Crippen LogP contribution in [0.25, 0.3) is 0 Å². The number of rotatable bonds is 1. The van der Waals surface area contributed by atoms with Crippen molar-refractivity contribution in [1.29, 1.82) is 0 Å². The second-order valence-corrected chi connectivity index (χ2v) is 4.33. The van der Waals surface area contributed by atoms with Gasteiger partial charge < -0.3 is 5.11 Å². The lowest BCUT2D eigenvalue weighted by Crippen LogP contribution is -2.02.